The van der Waals surface area contributed by atoms with E-state index in [4.69, 9.17) is 0 Å². The van der Waals surface area contributed by atoms with Gasteiger partial charge in [0.2, 0.25) is 0 Å². The SMILES string of the molecule is O=c1[nH]c2c([nH]1)C1=CC=NC1N=C2. The van der Waals surface area contributed by atoms with Crippen LogP contribution in [0.2, 0.25) is 0 Å². The molecule has 0 radical (unpaired) electrons. The van der Waals surface area contributed by atoms with Crippen LogP contribution in [0.1, 0.15) is 11.4 Å². The van der Waals surface area contributed by atoms with Gasteiger partial charge in [-0.15, -0.1) is 0 Å². The van der Waals surface area contributed by atoms with Crippen molar-refractivity contribution in [3.63, 3.8) is 0 Å². The summed E-state index contributed by atoms with van der Waals surface area (Å²) in [6.45, 7) is 0. The third-order valence-corrected chi connectivity index (χ3v) is 2.15. The first kappa shape index (κ1) is 6.59. The topological polar surface area (TPSA) is 73.4 Å². The molecule has 3 heterocycles. The molecule has 0 spiro atoms. The lowest BCUT2D eigenvalue weighted by Gasteiger charge is -2.11. The molecule has 2 N–H and O–H groups in total. The van der Waals surface area contributed by atoms with E-state index >= 15 is 0 Å². The van der Waals surface area contributed by atoms with Crippen LogP contribution in [0, 0.1) is 0 Å². The Hall–Kier alpha value is -1.91. The Morgan fingerprint density at radius 2 is 2.23 bits per heavy atom. The molecular weight excluding hydrogens is 168 g/mol. The molecule has 1 unspecified atom stereocenters. The normalized spacial score (nSPS) is 22.8. The second-order valence-corrected chi connectivity index (χ2v) is 2.94. The van der Waals surface area contributed by atoms with Crippen molar-refractivity contribution in [2.45, 2.75) is 6.17 Å². The summed E-state index contributed by atoms with van der Waals surface area (Å²) in [6, 6.07) is 0. The van der Waals surface area contributed by atoms with Gasteiger partial charge >= 0.3 is 5.69 Å². The van der Waals surface area contributed by atoms with Crippen LogP contribution in [0.25, 0.3) is 5.57 Å². The molecule has 1 atom stereocenters. The van der Waals surface area contributed by atoms with Crippen LogP contribution >= 0.6 is 0 Å². The molecule has 0 aromatic carbocycles. The summed E-state index contributed by atoms with van der Waals surface area (Å²) in [5.41, 5.74) is 2.29. The Morgan fingerprint density at radius 1 is 1.31 bits per heavy atom. The zero-order valence-electron chi connectivity index (χ0n) is 6.61. The van der Waals surface area contributed by atoms with Gasteiger partial charge in [0.25, 0.3) is 0 Å². The molecule has 5 nitrogen and oxygen atoms in total. The summed E-state index contributed by atoms with van der Waals surface area (Å²) in [7, 11) is 0. The molecule has 3 rings (SSSR count). The Kier molecular flexibility index (Phi) is 1.05. The number of rotatable bonds is 0. The van der Waals surface area contributed by atoms with Gasteiger partial charge in [0.1, 0.15) is 0 Å². The van der Waals surface area contributed by atoms with Crippen molar-refractivity contribution < 1.29 is 0 Å². The van der Waals surface area contributed by atoms with Crippen molar-refractivity contribution in [2.24, 2.45) is 9.98 Å². The van der Waals surface area contributed by atoms with Gasteiger partial charge in [-0.3, -0.25) is 9.98 Å². The Bertz CT molecular complexity index is 502. The number of allylic oxidation sites excluding steroid dienone is 1. The third kappa shape index (κ3) is 0.780. The van der Waals surface area contributed by atoms with E-state index in [-0.39, 0.29) is 11.9 Å². The van der Waals surface area contributed by atoms with E-state index in [0.29, 0.717) is 0 Å². The molecule has 13 heavy (non-hydrogen) atoms. The van der Waals surface area contributed by atoms with Crippen LogP contribution < -0.4 is 5.69 Å². The number of hydrogen-bond donors (Lipinski definition) is 2. The van der Waals surface area contributed by atoms with Crippen LogP contribution in [0.5, 0.6) is 0 Å². The molecule has 5 heteroatoms. The molecule has 1 aromatic heterocycles. The van der Waals surface area contributed by atoms with Crippen LogP contribution in [0.4, 0.5) is 0 Å². The van der Waals surface area contributed by atoms with Crippen molar-refractivity contribution in [2.75, 3.05) is 0 Å². The number of aromatic nitrogens is 2. The summed E-state index contributed by atoms with van der Waals surface area (Å²) >= 11 is 0. The molecule has 64 valence electrons. The maximum Gasteiger partial charge on any atom is 0.323 e. The highest BCUT2D eigenvalue weighted by Crippen LogP contribution is 2.26. The highest BCUT2D eigenvalue weighted by atomic mass is 16.1. The van der Waals surface area contributed by atoms with E-state index in [1.807, 2.05) is 6.08 Å². The fraction of sp³-hybridized carbons (Fsp3) is 0.125. The number of H-pyrrole nitrogens is 2. The highest BCUT2D eigenvalue weighted by Gasteiger charge is 2.24. The third-order valence-electron chi connectivity index (χ3n) is 2.15. The van der Waals surface area contributed by atoms with Gasteiger partial charge in [-0.1, -0.05) is 0 Å². The lowest BCUT2D eigenvalue weighted by Crippen LogP contribution is -2.09. The smallest absolute Gasteiger partial charge is 0.305 e. The number of aromatic amines is 2. The first-order valence-corrected chi connectivity index (χ1v) is 3.94. The number of fused-ring (bicyclic) bond motifs is 3. The van der Waals surface area contributed by atoms with E-state index in [1.54, 1.807) is 12.4 Å². The molecule has 1 aromatic rings. The Labute approximate surface area is 72.9 Å². The van der Waals surface area contributed by atoms with Crippen LogP contribution in [-0.4, -0.2) is 28.6 Å². The van der Waals surface area contributed by atoms with Gasteiger partial charge < -0.3 is 9.97 Å². The van der Waals surface area contributed by atoms with E-state index in [0.717, 1.165) is 17.0 Å². The van der Waals surface area contributed by atoms with Crippen molar-refractivity contribution in [1.82, 2.24) is 9.97 Å². The zero-order chi connectivity index (χ0) is 8.84. The molecule has 0 saturated carbocycles. The minimum Gasteiger partial charge on any atom is -0.305 e. The molecule has 0 aliphatic carbocycles. The minimum atomic E-state index is -0.204. The summed E-state index contributed by atoms with van der Waals surface area (Å²) in [5, 5.41) is 0. The highest BCUT2D eigenvalue weighted by molar-refractivity contribution is 5.98. The molecule has 0 amide bonds. The Morgan fingerprint density at radius 3 is 3.15 bits per heavy atom. The predicted molar refractivity (Wildman–Crippen MR) is 49.3 cm³/mol. The monoisotopic (exact) mass is 174 g/mol. The lowest BCUT2D eigenvalue weighted by atomic mass is 10.1. The van der Waals surface area contributed by atoms with Crippen molar-refractivity contribution >= 4 is 18.0 Å². The van der Waals surface area contributed by atoms with E-state index in [1.165, 1.54) is 0 Å². The Balaban J connectivity index is 2.30. The fourth-order valence-electron chi connectivity index (χ4n) is 1.57. The first-order chi connectivity index (χ1) is 6.34. The standard InChI is InChI=1S/C8H6N4O/c13-8-11-5-3-10-7-4(1-2-9-7)6(5)12-8/h1-3,7H,(H2,11,12,13). The van der Waals surface area contributed by atoms with Gasteiger partial charge in [0.05, 0.1) is 17.6 Å². The van der Waals surface area contributed by atoms with E-state index < -0.39 is 0 Å². The summed E-state index contributed by atoms with van der Waals surface area (Å²) in [6.07, 6.45) is 5.05. The van der Waals surface area contributed by atoms with Crippen LogP contribution in [0.3, 0.4) is 0 Å². The van der Waals surface area contributed by atoms with Crippen molar-refractivity contribution in [1.29, 1.82) is 0 Å². The van der Waals surface area contributed by atoms with Gasteiger partial charge in [0, 0.05) is 11.8 Å². The summed E-state index contributed by atoms with van der Waals surface area (Å²) < 4.78 is 0. The molecule has 2 aliphatic rings. The van der Waals surface area contributed by atoms with Crippen LogP contribution in [-0.2, 0) is 0 Å². The second kappa shape index (κ2) is 2.07. The quantitative estimate of drug-likeness (QED) is 0.567. The molecule has 0 saturated heterocycles. The average Bonchev–Trinajstić information content (AvgIpc) is 2.65. The van der Waals surface area contributed by atoms with Gasteiger partial charge in [-0.2, -0.15) is 0 Å². The molecule has 0 bridgehead atoms. The number of nitrogens with zero attached hydrogens (tertiary/aromatic N) is 2. The number of nitrogens with one attached hydrogen (secondary N) is 2. The number of imidazole rings is 1. The van der Waals surface area contributed by atoms with Crippen molar-refractivity contribution in [3.05, 3.63) is 27.9 Å². The van der Waals surface area contributed by atoms with Crippen molar-refractivity contribution in [3.8, 4) is 0 Å². The number of aliphatic imine (C=N–C) groups is 2. The minimum absolute atomic E-state index is 0.154. The average molecular weight is 174 g/mol. The maximum absolute atomic E-state index is 11.0. The van der Waals surface area contributed by atoms with E-state index in [9.17, 15) is 4.79 Å². The van der Waals surface area contributed by atoms with Crippen LogP contribution in [0.15, 0.2) is 20.9 Å². The van der Waals surface area contributed by atoms with Gasteiger partial charge in [0.15, 0.2) is 6.17 Å². The second-order valence-electron chi connectivity index (χ2n) is 2.94. The molecule has 2 aliphatic heterocycles. The largest absolute Gasteiger partial charge is 0.323 e. The molecular formula is C8H6N4O. The van der Waals surface area contributed by atoms with Gasteiger partial charge in [-0.25, -0.2) is 4.79 Å². The number of hydrogen-bond acceptors (Lipinski definition) is 3. The predicted octanol–water partition coefficient (Wildman–Crippen LogP) is -0.0706. The fourth-order valence-corrected chi connectivity index (χ4v) is 1.57. The first-order valence-electron chi connectivity index (χ1n) is 3.94. The molecule has 0 fully saturated rings. The zero-order valence-corrected chi connectivity index (χ0v) is 6.61. The maximum atomic E-state index is 11.0. The summed E-state index contributed by atoms with van der Waals surface area (Å²) in [5.74, 6) is 0. The summed E-state index contributed by atoms with van der Waals surface area (Å²) in [4.78, 5) is 24.7. The van der Waals surface area contributed by atoms with Gasteiger partial charge in [-0.05, 0) is 6.08 Å². The lowest BCUT2D eigenvalue weighted by molar-refractivity contribution is 0.906. The van der Waals surface area contributed by atoms with E-state index in [2.05, 4.69) is 20.0 Å².